The molecule has 105 heavy (non-hydrogen) atoms. The predicted molar refractivity (Wildman–Crippen MR) is 407 cm³/mol. The summed E-state index contributed by atoms with van der Waals surface area (Å²) in [6.07, 6.45) is 8.52. The summed E-state index contributed by atoms with van der Waals surface area (Å²) in [5.74, 6) is -2.43. The molecule has 3 fully saturated rings. The number of aliphatic hydroxyl groups is 1. The Morgan fingerprint density at radius 2 is 1.06 bits per heavy atom. The van der Waals surface area contributed by atoms with Gasteiger partial charge in [-0.2, -0.15) is 0 Å². The zero-order valence-electron chi connectivity index (χ0n) is 56.3. The molecule has 0 bridgehead atoms. The van der Waals surface area contributed by atoms with Crippen LogP contribution in [0.15, 0.2) is 214 Å². The van der Waals surface area contributed by atoms with Crippen LogP contribution in [0.25, 0.3) is 21.8 Å². The molecule has 6 aromatic carbocycles. The molecule has 34 heteroatoms. The van der Waals surface area contributed by atoms with Crippen molar-refractivity contribution in [3.8, 4) is 0 Å². The van der Waals surface area contributed by atoms with Gasteiger partial charge in [0.1, 0.15) is 30.8 Å². The van der Waals surface area contributed by atoms with Gasteiger partial charge in [-0.05, 0) is 129 Å². The number of aliphatic hydroxyl groups excluding tert-OH is 1. The molecule has 3 aliphatic heterocycles. The Hall–Kier alpha value is -10.4. The second-order valence-corrected chi connectivity index (χ2v) is 31.7. The topological polar surface area (TPSA) is 308 Å². The third-order valence-electron chi connectivity index (χ3n) is 17.9. The minimum atomic E-state index is -3.82. The van der Waals surface area contributed by atoms with Crippen molar-refractivity contribution < 1.29 is 64.0 Å². The predicted octanol–water partition coefficient (Wildman–Crippen LogP) is 11.1. The molecule has 0 spiro atoms. The molecule has 3 atom stereocenters. The van der Waals surface area contributed by atoms with Crippen molar-refractivity contribution in [3.05, 3.63) is 222 Å². The van der Waals surface area contributed by atoms with Crippen LogP contribution in [0.2, 0.25) is 5.02 Å². The molecule has 4 N–H and O–H groups in total. The van der Waals surface area contributed by atoms with Crippen LogP contribution in [0.3, 0.4) is 0 Å². The van der Waals surface area contributed by atoms with Gasteiger partial charge in [0.05, 0.1) is 38.2 Å². The molecule has 0 aliphatic carbocycles. The van der Waals surface area contributed by atoms with Crippen LogP contribution in [-0.2, 0) is 49.2 Å². The van der Waals surface area contributed by atoms with Crippen LogP contribution in [-0.4, -0.2) is 170 Å². The number of halogens is 3. The third-order valence-corrected chi connectivity index (χ3v) is 24.0. The third kappa shape index (κ3) is 17.5. The molecule has 14 rings (SSSR count). The fourth-order valence-corrected chi connectivity index (χ4v) is 17.1. The molecule has 3 aliphatic rings. The van der Waals surface area contributed by atoms with Crippen molar-refractivity contribution in [3.63, 3.8) is 0 Å². The minimum Gasteiger partial charge on any atom is -0.388 e. The number of hydrogen-bond acceptors (Lipinski definition) is 19. The summed E-state index contributed by atoms with van der Waals surface area (Å²) in [6.45, 7) is 8.68. The summed E-state index contributed by atoms with van der Waals surface area (Å²) in [4.78, 5) is 78.6. The molecule has 4 amide bonds. The molecule has 26 nitrogen and oxygen atoms in total. The Labute approximate surface area is 622 Å². The Balaban J connectivity index is 0.000000203. The molecule has 3 saturated heterocycles. The number of nitrogens with zero attached hydrogens (tertiary/aromatic N) is 12. The molecular formula is C71H78ClF2N15O11S5. The maximum absolute atomic E-state index is 13.8. The van der Waals surface area contributed by atoms with Crippen molar-refractivity contribution in [2.24, 2.45) is 0 Å². The summed E-state index contributed by atoms with van der Waals surface area (Å²) in [5, 5.41) is 16.3. The average molecular weight is 1550 g/mol. The van der Waals surface area contributed by atoms with Crippen LogP contribution in [0.4, 0.5) is 41.9 Å². The number of carbonyl (C=O) groups excluding carboxylic acids is 4. The van der Waals surface area contributed by atoms with Gasteiger partial charge in [-0.3, -0.25) is 33.3 Å². The number of aromatic nitrogens is 6. The van der Waals surface area contributed by atoms with Crippen molar-refractivity contribution in [2.75, 3.05) is 101 Å². The van der Waals surface area contributed by atoms with Gasteiger partial charge in [-0.25, -0.2) is 54.0 Å². The van der Waals surface area contributed by atoms with Gasteiger partial charge in [0.15, 0.2) is 21.9 Å². The number of rotatable bonds is 19. The lowest BCUT2D eigenvalue weighted by molar-refractivity contribution is -0.139. The van der Waals surface area contributed by atoms with Crippen LogP contribution >= 0.6 is 34.3 Å². The summed E-state index contributed by atoms with van der Waals surface area (Å²) in [5.41, 5.74) is 4.36. The number of piperazine rings is 3. The highest BCUT2D eigenvalue weighted by Crippen LogP contribution is 2.32. The number of anilines is 6. The highest BCUT2D eigenvalue weighted by Gasteiger charge is 2.33. The summed E-state index contributed by atoms with van der Waals surface area (Å²) in [7, 11) is -11.3. The van der Waals surface area contributed by atoms with E-state index in [1.165, 1.54) is 70.2 Å². The van der Waals surface area contributed by atoms with E-state index < -0.39 is 53.9 Å². The standard InChI is InChI=1S/C25H25ClN6O3S.C24H21F2N5O4S2.C22H24N4O4S2.4H2/c1-18(32-12-10-21-22(26)3-2-4-23(21)32)25(33)31-15-13-30(14-16-31)19-5-7-20(8-6-19)36(34,35)29-24-9-11-27-17-28-24;1-15(30-8-6-16-12-19(25)20(26)13-21(16)30)23(33)29-9-10-31(22(32)14-29)17-2-4-18(5-3-17)37(34,35)28-24-27-7-11-36-24;27-20(17-4-2-1-3-5-17)16-21(28)26-13-11-25(12-14-26)18-6-8-19(9-7-18)32(29,30)24-22-23-10-15-31-22;;;;/h2-12,17-18H,13-16H2,1H3,(H,27,28,29);2-8,11-13,15H,9-10,14H2,1H3,(H,27,28);1-10,15,20,27H,11-14,16H2,(H,23,24);4*1H/t;;20-;;;;/m..1..../s1. The van der Waals surface area contributed by atoms with E-state index in [-0.39, 0.29) is 87.1 Å². The number of nitrogens with one attached hydrogen (secondary N) is 3. The maximum atomic E-state index is 13.8. The van der Waals surface area contributed by atoms with E-state index in [0.29, 0.717) is 79.1 Å². The molecule has 2 unspecified atom stereocenters. The average Bonchev–Trinajstić information content (AvgIpc) is 1.73. The summed E-state index contributed by atoms with van der Waals surface area (Å²) < 4.78 is 113. The van der Waals surface area contributed by atoms with Crippen molar-refractivity contribution in [2.45, 2.75) is 53.1 Å². The molecule has 0 radical (unpaired) electrons. The SMILES string of the molecule is CC(C(=O)N1CCN(c2ccc(S(=O)(=O)Nc3ccncn3)cc2)CC1)n1ccc2c(Cl)cccc21.CC(C(=O)N1CCN(c2ccc(S(=O)(=O)Nc3nccs3)cc2)C(=O)C1)n1ccc2cc(F)c(F)cc21.O=C(C[C@@H](O)c1ccccc1)N1CCN(c2ccc(S(=O)(=O)Nc3nccs3)cc2)CC1.[HH].[HH].[HH].[HH]. The van der Waals surface area contributed by atoms with Gasteiger partial charge >= 0.3 is 0 Å². The fraction of sp³-hybridized carbons (Fsp3) is 0.239. The summed E-state index contributed by atoms with van der Waals surface area (Å²) >= 11 is 8.67. The van der Waals surface area contributed by atoms with E-state index in [2.05, 4.69) is 43.9 Å². The van der Waals surface area contributed by atoms with Crippen LogP contribution in [0, 0.1) is 11.6 Å². The van der Waals surface area contributed by atoms with Gasteiger partial charge < -0.3 is 43.6 Å². The first-order valence-electron chi connectivity index (χ1n) is 32.9. The molecule has 8 heterocycles. The van der Waals surface area contributed by atoms with Gasteiger partial charge in [0.2, 0.25) is 23.6 Å². The van der Waals surface area contributed by atoms with E-state index in [1.807, 2.05) is 77.2 Å². The Bertz CT molecular complexity index is 5260. The first kappa shape index (κ1) is 74.3. The normalized spacial score (nSPS) is 15.3. The number of thiazole rings is 2. The number of carbonyl (C=O) groups is 4. The molecular weight excluding hydrogens is 1470 g/mol. The second-order valence-electron chi connectivity index (χ2n) is 24.5. The zero-order valence-corrected chi connectivity index (χ0v) is 61.2. The number of benzene rings is 6. The first-order valence-corrected chi connectivity index (χ1v) is 39.5. The molecule has 11 aromatic rings. The van der Waals surface area contributed by atoms with Crippen molar-refractivity contribution in [1.82, 2.24) is 43.8 Å². The Morgan fingerprint density at radius 3 is 1.59 bits per heavy atom. The van der Waals surface area contributed by atoms with E-state index in [9.17, 15) is 58.3 Å². The number of fused-ring (bicyclic) bond motifs is 2. The largest absolute Gasteiger partial charge is 0.388 e. The molecule has 554 valence electrons. The number of sulfonamides is 3. The lowest BCUT2D eigenvalue weighted by Gasteiger charge is -2.37. The van der Waals surface area contributed by atoms with E-state index in [4.69, 9.17) is 11.6 Å². The second kappa shape index (κ2) is 32.3. The smallest absolute Gasteiger partial charge is 0.263 e. The highest BCUT2D eigenvalue weighted by atomic mass is 35.5. The monoisotopic (exact) mass is 1550 g/mol. The number of hydrogen-bond donors (Lipinski definition) is 4. The quantitative estimate of drug-likeness (QED) is 0.0585. The van der Waals surface area contributed by atoms with Gasteiger partial charge in [0, 0.05) is 152 Å². The van der Waals surface area contributed by atoms with E-state index >= 15 is 0 Å². The molecule has 0 saturated carbocycles. The van der Waals surface area contributed by atoms with Crippen LogP contribution in [0.5, 0.6) is 0 Å². The number of amides is 4. The van der Waals surface area contributed by atoms with E-state index in [0.717, 1.165) is 51.3 Å². The van der Waals surface area contributed by atoms with Crippen LogP contribution < -0.4 is 28.9 Å². The van der Waals surface area contributed by atoms with Gasteiger partial charge in [-0.15, -0.1) is 22.7 Å². The fourth-order valence-electron chi connectivity index (χ4n) is 12.3. The Morgan fingerprint density at radius 1 is 0.552 bits per heavy atom. The maximum Gasteiger partial charge on any atom is 0.263 e. The minimum absolute atomic E-state index is 0. The highest BCUT2D eigenvalue weighted by molar-refractivity contribution is 7.93. The van der Waals surface area contributed by atoms with Crippen LogP contribution in [0.1, 0.15) is 49.7 Å². The van der Waals surface area contributed by atoms with Gasteiger partial charge in [-0.1, -0.05) is 48.0 Å². The first-order chi connectivity index (χ1) is 50.4. The summed E-state index contributed by atoms with van der Waals surface area (Å²) in [6, 6.07) is 40.2. The van der Waals surface area contributed by atoms with Crippen molar-refractivity contribution >= 4 is 143 Å². The Kier molecular flexibility index (Phi) is 22.9. The van der Waals surface area contributed by atoms with E-state index in [1.54, 1.807) is 94.1 Å². The molecule has 5 aromatic heterocycles. The lowest BCUT2D eigenvalue weighted by Crippen LogP contribution is -2.53. The van der Waals surface area contributed by atoms with Gasteiger partial charge in [0.25, 0.3) is 30.1 Å². The van der Waals surface area contributed by atoms with Crippen molar-refractivity contribution in [1.29, 1.82) is 0 Å². The lowest BCUT2D eigenvalue weighted by atomic mass is 10.1. The zero-order chi connectivity index (χ0) is 74.2.